The van der Waals surface area contributed by atoms with E-state index in [0.29, 0.717) is 12.3 Å². The topological polar surface area (TPSA) is 64.4 Å². The highest BCUT2D eigenvalue weighted by Gasteiger charge is 2.07. The van der Waals surface area contributed by atoms with Gasteiger partial charge in [0.05, 0.1) is 19.0 Å². The molecule has 0 saturated heterocycles. The third-order valence-corrected chi connectivity index (χ3v) is 3.04. The maximum absolute atomic E-state index is 11.1. The summed E-state index contributed by atoms with van der Waals surface area (Å²) in [4.78, 5) is 11.1. The van der Waals surface area contributed by atoms with E-state index in [1.54, 1.807) is 13.2 Å². The number of methoxy groups -OCH3 is 1. The lowest BCUT2D eigenvalue weighted by Crippen LogP contribution is -2.23. The minimum atomic E-state index is -0.0950. The summed E-state index contributed by atoms with van der Waals surface area (Å²) in [5.41, 5.74) is 1.66. The second-order valence-corrected chi connectivity index (χ2v) is 4.38. The zero-order valence-electron chi connectivity index (χ0n) is 10.4. The summed E-state index contributed by atoms with van der Waals surface area (Å²) in [6, 6.07) is 9.32. The molecule has 0 bridgehead atoms. The third-order valence-electron chi connectivity index (χ3n) is 2.53. The van der Waals surface area contributed by atoms with Crippen molar-refractivity contribution >= 4 is 21.8 Å². The summed E-state index contributed by atoms with van der Waals surface area (Å²) < 4.78 is 10.3. The number of hydrogen-bond acceptors (Lipinski definition) is 4. The van der Waals surface area contributed by atoms with E-state index < -0.39 is 0 Å². The smallest absolute Gasteiger partial charge is 0.231 e. The Morgan fingerprint density at radius 3 is 2.79 bits per heavy atom. The highest BCUT2D eigenvalue weighted by molar-refractivity contribution is 9.09. The molecular weight excluding hydrogens is 312 g/mol. The van der Waals surface area contributed by atoms with Crippen molar-refractivity contribution in [1.82, 2.24) is 10.5 Å². The van der Waals surface area contributed by atoms with Crippen LogP contribution in [0.1, 0.15) is 5.76 Å². The third kappa shape index (κ3) is 3.57. The summed E-state index contributed by atoms with van der Waals surface area (Å²) >= 11 is 3.07. The van der Waals surface area contributed by atoms with Crippen LogP contribution >= 0.6 is 15.9 Å². The molecule has 19 heavy (non-hydrogen) atoms. The Morgan fingerprint density at radius 1 is 1.42 bits per heavy atom. The lowest BCUT2D eigenvalue weighted by Gasteiger charge is -1.99. The molecule has 100 valence electrons. The first-order valence-electron chi connectivity index (χ1n) is 5.65. The van der Waals surface area contributed by atoms with Gasteiger partial charge in [-0.15, -0.1) is 0 Å². The highest BCUT2D eigenvalue weighted by atomic mass is 79.9. The monoisotopic (exact) mass is 324 g/mol. The van der Waals surface area contributed by atoms with Crippen molar-refractivity contribution in [3.63, 3.8) is 0 Å². The molecule has 1 aromatic carbocycles. The number of amides is 1. The van der Waals surface area contributed by atoms with Crippen LogP contribution < -0.4 is 10.1 Å². The molecule has 2 rings (SSSR count). The fraction of sp³-hybridized carbons (Fsp3) is 0.231. The molecule has 0 aliphatic heterocycles. The largest absolute Gasteiger partial charge is 0.497 e. The summed E-state index contributed by atoms with van der Waals surface area (Å²) in [5.74, 6) is 1.31. The van der Waals surface area contributed by atoms with Crippen molar-refractivity contribution < 1.29 is 14.1 Å². The van der Waals surface area contributed by atoms with Crippen LogP contribution in [-0.2, 0) is 11.3 Å². The van der Waals surface area contributed by atoms with Gasteiger partial charge >= 0.3 is 0 Å². The minimum absolute atomic E-state index is 0.0950. The van der Waals surface area contributed by atoms with Crippen LogP contribution in [0.3, 0.4) is 0 Å². The SMILES string of the molecule is COc1ccc(-c2cc(CNC(=O)CBr)on2)cc1. The van der Waals surface area contributed by atoms with Crippen molar-refractivity contribution in [3.8, 4) is 17.0 Å². The average molecular weight is 325 g/mol. The number of rotatable bonds is 5. The summed E-state index contributed by atoms with van der Waals surface area (Å²) in [5, 5.41) is 6.93. The Hall–Kier alpha value is -1.82. The van der Waals surface area contributed by atoms with Crippen LogP contribution in [0.25, 0.3) is 11.3 Å². The second-order valence-electron chi connectivity index (χ2n) is 3.82. The number of halogens is 1. The standard InChI is InChI=1S/C13H13BrN2O3/c1-18-10-4-2-9(3-5-10)12-6-11(19-16-12)8-15-13(17)7-14/h2-6H,7-8H2,1H3,(H,15,17). The minimum Gasteiger partial charge on any atom is -0.497 e. The van der Waals surface area contributed by atoms with Gasteiger partial charge < -0.3 is 14.6 Å². The van der Waals surface area contributed by atoms with Gasteiger partial charge in [-0.25, -0.2) is 0 Å². The number of carbonyl (C=O) groups excluding carboxylic acids is 1. The van der Waals surface area contributed by atoms with E-state index in [4.69, 9.17) is 9.26 Å². The van der Waals surface area contributed by atoms with Crippen molar-refractivity contribution in [1.29, 1.82) is 0 Å². The van der Waals surface area contributed by atoms with Crippen molar-refractivity contribution in [2.45, 2.75) is 6.54 Å². The molecule has 0 saturated carbocycles. The first-order valence-corrected chi connectivity index (χ1v) is 6.77. The summed E-state index contributed by atoms with van der Waals surface area (Å²) in [6.07, 6.45) is 0. The maximum atomic E-state index is 11.1. The molecule has 1 heterocycles. The second kappa shape index (κ2) is 6.38. The van der Waals surface area contributed by atoms with E-state index in [0.717, 1.165) is 17.0 Å². The van der Waals surface area contributed by atoms with E-state index in [1.807, 2.05) is 24.3 Å². The summed E-state index contributed by atoms with van der Waals surface area (Å²) in [6.45, 7) is 0.327. The highest BCUT2D eigenvalue weighted by Crippen LogP contribution is 2.21. The lowest BCUT2D eigenvalue weighted by atomic mass is 10.1. The number of aromatic nitrogens is 1. The van der Waals surface area contributed by atoms with Gasteiger partial charge in [0.15, 0.2) is 5.76 Å². The van der Waals surface area contributed by atoms with E-state index >= 15 is 0 Å². The van der Waals surface area contributed by atoms with Gasteiger partial charge in [-0.1, -0.05) is 21.1 Å². The Morgan fingerprint density at radius 2 is 2.16 bits per heavy atom. The fourth-order valence-electron chi connectivity index (χ4n) is 1.53. The first-order chi connectivity index (χ1) is 9.22. The van der Waals surface area contributed by atoms with Gasteiger partial charge in [-0.05, 0) is 24.3 Å². The van der Waals surface area contributed by atoms with E-state index in [-0.39, 0.29) is 11.2 Å². The van der Waals surface area contributed by atoms with Crippen LogP contribution in [0.4, 0.5) is 0 Å². The molecule has 0 unspecified atom stereocenters. The van der Waals surface area contributed by atoms with Gasteiger partial charge in [0.1, 0.15) is 11.4 Å². The number of hydrogen-bond donors (Lipinski definition) is 1. The number of nitrogens with one attached hydrogen (secondary N) is 1. The number of nitrogens with zero attached hydrogens (tertiary/aromatic N) is 1. The van der Waals surface area contributed by atoms with Gasteiger partial charge in [-0.3, -0.25) is 4.79 Å². The van der Waals surface area contributed by atoms with Crippen LogP contribution in [0.5, 0.6) is 5.75 Å². The Labute approximate surface area is 119 Å². The number of ether oxygens (including phenoxy) is 1. The molecular formula is C13H13BrN2O3. The Kier molecular flexibility index (Phi) is 4.57. The molecule has 0 spiro atoms. The Balaban J connectivity index is 2.05. The molecule has 2 aromatic rings. The quantitative estimate of drug-likeness (QED) is 0.857. The predicted octanol–water partition coefficient (Wildman–Crippen LogP) is 2.36. The van der Waals surface area contributed by atoms with E-state index in [2.05, 4.69) is 26.4 Å². The zero-order chi connectivity index (χ0) is 13.7. The molecule has 1 aromatic heterocycles. The number of alkyl halides is 1. The number of carbonyl (C=O) groups is 1. The lowest BCUT2D eigenvalue weighted by molar-refractivity contribution is -0.118. The van der Waals surface area contributed by atoms with Crippen LogP contribution in [0.15, 0.2) is 34.9 Å². The molecule has 0 fully saturated rings. The molecule has 1 amide bonds. The van der Waals surface area contributed by atoms with Gasteiger partial charge in [0.2, 0.25) is 5.91 Å². The van der Waals surface area contributed by atoms with Gasteiger partial charge in [0.25, 0.3) is 0 Å². The predicted molar refractivity (Wildman–Crippen MR) is 74.1 cm³/mol. The molecule has 5 nitrogen and oxygen atoms in total. The van der Waals surface area contributed by atoms with Gasteiger partial charge in [0, 0.05) is 11.6 Å². The normalized spacial score (nSPS) is 10.2. The van der Waals surface area contributed by atoms with E-state index in [9.17, 15) is 4.79 Å². The first kappa shape index (κ1) is 13.6. The van der Waals surface area contributed by atoms with Crippen LogP contribution in [-0.4, -0.2) is 23.5 Å². The molecule has 0 radical (unpaired) electrons. The zero-order valence-corrected chi connectivity index (χ0v) is 11.9. The molecule has 6 heteroatoms. The van der Waals surface area contributed by atoms with Crippen molar-refractivity contribution in [2.75, 3.05) is 12.4 Å². The van der Waals surface area contributed by atoms with Crippen LogP contribution in [0, 0.1) is 0 Å². The molecule has 0 aliphatic carbocycles. The molecule has 1 N–H and O–H groups in total. The molecule has 0 aliphatic rings. The van der Waals surface area contributed by atoms with Crippen molar-refractivity contribution in [2.24, 2.45) is 0 Å². The van der Waals surface area contributed by atoms with E-state index in [1.165, 1.54) is 0 Å². The maximum Gasteiger partial charge on any atom is 0.231 e. The fourth-order valence-corrected chi connectivity index (χ4v) is 1.73. The average Bonchev–Trinajstić information content (AvgIpc) is 2.93. The van der Waals surface area contributed by atoms with Gasteiger partial charge in [-0.2, -0.15) is 0 Å². The Bertz CT molecular complexity index is 551. The molecule has 0 atom stereocenters. The van der Waals surface area contributed by atoms with Crippen LogP contribution in [0.2, 0.25) is 0 Å². The number of benzene rings is 1. The van der Waals surface area contributed by atoms with Crippen molar-refractivity contribution in [3.05, 3.63) is 36.1 Å². The summed E-state index contributed by atoms with van der Waals surface area (Å²) in [7, 11) is 1.62.